The average Bonchev–Trinajstić information content (AvgIpc) is 3.18. The molecule has 2 aliphatic rings. The zero-order chi connectivity index (χ0) is 11.9. The molecule has 0 aromatic rings. The van der Waals surface area contributed by atoms with Crippen molar-refractivity contribution in [3.63, 3.8) is 0 Å². The number of likely N-dealkylation sites (tertiary alicyclic amines) is 1. The van der Waals surface area contributed by atoms with Gasteiger partial charge in [-0.05, 0) is 44.4 Å². The topological polar surface area (TPSA) is 50.9 Å². The van der Waals surface area contributed by atoms with E-state index in [2.05, 4.69) is 9.89 Å². The Balaban J connectivity index is 0.00000162. The van der Waals surface area contributed by atoms with Crippen molar-refractivity contribution < 1.29 is 4.74 Å². The highest BCUT2D eigenvalue weighted by atomic mass is 127. The molecule has 0 radical (unpaired) electrons. The van der Waals surface area contributed by atoms with Crippen LogP contribution in [0.4, 0.5) is 0 Å². The molecule has 0 atom stereocenters. The summed E-state index contributed by atoms with van der Waals surface area (Å²) in [5.74, 6) is 1.59. The SMILES string of the molecule is I.NC(=NCCCOCC1CC1)N1CCCCC1. The molecule has 1 heterocycles. The molecule has 2 rings (SSSR count). The highest BCUT2D eigenvalue weighted by Crippen LogP contribution is 2.28. The molecule has 0 unspecified atom stereocenters. The van der Waals surface area contributed by atoms with Crippen LogP contribution < -0.4 is 5.73 Å². The van der Waals surface area contributed by atoms with Gasteiger partial charge in [0, 0.05) is 32.8 Å². The Morgan fingerprint density at radius 2 is 1.94 bits per heavy atom. The van der Waals surface area contributed by atoms with Gasteiger partial charge in [0.15, 0.2) is 5.96 Å². The van der Waals surface area contributed by atoms with E-state index in [1.54, 1.807) is 0 Å². The molecule has 18 heavy (non-hydrogen) atoms. The van der Waals surface area contributed by atoms with Gasteiger partial charge in [0.25, 0.3) is 0 Å². The first-order chi connectivity index (χ1) is 8.36. The quantitative estimate of drug-likeness (QED) is 0.339. The van der Waals surface area contributed by atoms with Crippen LogP contribution in [-0.2, 0) is 4.74 Å². The number of piperidine rings is 1. The molecular weight excluding hydrogens is 341 g/mol. The van der Waals surface area contributed by atoms with Crippen molar-refractivity contribution in [1.82, 2.24) is 4.90 Å². The number of nitrogens with zero attached hydrogens (tertiary/aromatic N) is 2. The first-order valence-electron chi connectivity index (χ1n) is 6.99. The first-order valence-corrected chi connectivity index (χ1v) is 6.99. The van der Waals surface area contributed by atoms with Gasteiger partial charge >= 0.3 is 0 Å². The van der Waals surface area contributed by atoms with Crippen LogP contribution in [0.25, 0.3) is 0 Å². The molecule has 1 aliphatic carbocycles. The van der Waals surface area contributed by atoms with Gasteiger partial charge in [0.1, 0.15) is 0 Å². The fourth-order valence-electron chi connectivity index (χ4n) is 2.12. The van der Waals surface area contributed by atoms with E-state index in [4.69, 9.17) is 10.5 Å². The molecule has 1 saturated heterocycles. The van der Waals surface area contributed by atoms with Gasteiger partial charge in [0.2, 0.25) is 0 Å². The fraction of sp³-hybridized carbons (Fsp3) is 0.923. The highest BCUT2D eigenvalue weighted by molar-refractivity contribution is 14.0. The minimum atomic E-state index is 0. The lowest BCUT2D eigenvalue weighted by molar-refractivity contribution is 0.123. The Kier molecular flexibility index (Phi) is 7.97. The molecule has 2 fully saturated rings. The molecule has 5 heteroatoms. The molecule has 0 spiro atoms. The lowest BCUT2D eigenvalue weighted by atomic mass is 10.1. The van der Waals surface area contributed by atoms with E-state index in [9.17, 15) is 0 Å². The number of hydrogen-bond acceptors (Lipinski definition) is 2. The maximum absolute atomic E-state index is 5.96. The van der Waals surface area contributed by atoms with Crippen LogP contribution in [0, 0.1) is 5.92 Å². The molecule has 0 aromatic carbocycles. The van der Waals surface area contributed by atoms with E-state index in [1.165, 1.54) is 32.1 Å². The van der Waals surface area contributed by atoms with Gasteiger partial charge < -0.3 is 15.4 Å². The van der Waals surface area contributed by atoms with Crippen molar-refractivity contribution >= 4 is 29.9 Å². The molecule has 106 valence electrons. The lowest BCUT2D eigenvalue weighted by Crippen LogP contribution is -2.40. The maximum atomic E-state index is 5.96. The van der Waals surface area contributed by atoms with Crippen molar-refractivity contribution in [3.05, 3.63) is 0 Å². The summed E-state index contributed by atoms with van der Waals surface area (Å²) in [5, 5.41) is 0. The Morgan fingerprint density at radius 1 is 1.22 bits per heavy atom. The molecule has 1 aliphatic heterocycles. The van der Waals surface area contributed by atoms with Gasteiger partial charge in [-0.2, -0.15) is 0 Å². The third-order valence-corrected chi connectivity index (χ3v) is 3.45. The second kappa shape index (κ2) is 8.96. The van der Waals surface area contributed by atoms with Gasteiger partial charge in [-0.3, -0.25) is 4.99 Å². The van der Waals surface area contributed by atoms with E-state index >= 15 is 0 Å². The fourth-order valence-corrected chi connectivity index (χ4v) is 2.12. The first kappa shape index (κ1) is 16.0. The monoisotopic (exact) mass is 367 g/mol. The number of hydrogen-bond donors (Lipinski definition) is 1. The summed E-state index contributed by atoms with van der Waals surface area (Å²) >= 11 is 0. The van der Waals surface area contributed by atoms with Crippen molar-refractivity contribution in [2.75, 3.05) is 32.8 Å². The lowest BCUT2D eigenvalue weighted by Gasteiger charge is -2.27. The molecule has 0 amide bonds. The third kappa shape index (κ3) is 6.22. The zero-order valence-corrected chi connectivity index (χ0v) is 13.5. The predicted octanol–water partition coefficient (Wildman–Crippen LogP) is 2.22. The van der Waals surface area contributed by atoms with Crippen LogP contribution in [-0.4, -0.2) is 43.7 Å². The van der Waals surface area contributed by atoms with E-state index in [1.807, 2.05) is 0 Å². The molecule has 2 N–H and O–H groups in total. The predicted molar refractivity (Wildman–Crippen MR) is 85.5 cm³/mol. The number of nitrogens with two attached hydrogens (primary N) is 1. The van der Waals surface area contributed by atoms with Gasteiger partial charge in [0.05, 0.1) is 0 Å². The van der Waals surface area contributed by atoms with Crippen molar-refractivity contribution in [1.29, 1.82) is 0 Å². The average molecular weight is 367 g/mol. The number of guanidine groups is 1. The Hall–Kier alpha value is -0.0400. The second-order valence-electron chi connectivity index (χ2n) is 5.16. The standard InChI is InChI=1S/C13H25N3O.HI/c14-13(16-8-2-1-3-9-16)15-7-4-10-17-11-12-5-6-12;/h12H,1-11H2,(H2,14,15);1H. The van der Waals surface area contributed by atoms with E-state index in [-0.39, 0.29) is 24.0 Å². The van der Waals surface area contributed by atoms with E-state index in [0.717, 1.165) is 51.1 Å². The Morgan fingerprint density at radius 3 is 2.61 bits per heavy atom. The van der Waals surface area contributed by atoms with Crippen LogP contribution in [0.15, 0.2) is 4.99 Å². The molecule has 1 saturated carbocycles. The minimum absolute atomic E-state index is 0. The van der Waals surface area contributed by atoms with Gasteiger partial charge in [-0.1, -0.05) is 0 Å². The smallest absolute Gasteiger partial charge is 0.191 e. The largest absolute Gasteiger partial charge is 0.381 e. The van der Waals surface area contributed by atoms with Crippen molar-refractivity contribution in [2.45, 2.75) is 38.5 Å². The summed E-state index contributed by atoms with van der Waals surface area (Å²) in [6, 6.07) is 0. The van der Waals surface area contributed by atoms with E-state index in [0.29, 0.717) is 0 Å². The van der Waals surface area contributed by atoms with Crippen molar-refractivity contribution in [2.24, 2.45) is 16.6 Å². The summed E-state index contributed by atoms with van der Waals surface area (Å²) in [7, 11) is 0. The van der Waals surface area contributed by atoms with Crippen LogP contribution in [0.5, 0.6) is 0 Å². The molecule has 0 aromatic heterocycles. The summed E-state index contributed by atoms with van der Waals surface area (Å²) in [4.78, 5) is 6.62. The van der Waals surface area contributed by atoms with Gasteiger partial charge in [-0.15, -0.1) is 24.0 Å². The summed E-state index contributed by atoms with van der Waals surface area (Å²) in [6.07, 6.45) is 7.54. The second-order valence-corrected chi connectivity index (χ2v) is 5.16. The molecule has 0 bridgehead atoms. The third-order valence-electron chi connectivity index (χ3n) is 3.45. The van der Waals surface area contributed by atoms with Crippen molar-refractivity contribution in [3.8, 4) is 0 Å². The maximum Gasteiger partial charge on any atom is 0.191 e. The highest BCUT2D eigenvalue weighted by Gasteiger charge is 2.20. The van der Waals surface area contributed by atoms with Gasteiger partial charge in [-0.25, -0.2) is 0 Å². The number of halogens is 1. The molecule has 4 nitrogen and oxygen atoms in total. The summed E-state index contributed by atoms with van der Waals surface area (Å²) in [6.45, 7) is 4.73. The summed E-state index contributed by atoms with van der Waals surface area (Å²) in [5.41, 5.74) is 5.96. The number of aliphatic imine (C=N–C) groups is 1. The van der Waals surface area contributed by atoms with Crippen LogP contribution in [0.3, 0.4) is 0 Å². The van der Waals surface area contributed by atoms with Crippen LogP contribution in [0.2, 0.25) is 0 Å². The Labute approximate surface area is 127 Å². The number of rotatable bonds is 6. The Bertz CT molecular complexity index is 251. The normalized spacial score (nSPS) is 20.7. The van der Waals surface area contributed by atoms with Crippen LogP contribution in [0.1, 0.15) is 38.5 Å². The van der Waals surface area contributed by atoms with Crippen LogP contribution >= 0.6 is 24.0 Å². The zero-order valence-electron chi connectivity index (χ0n) is 11.1. The van der Waals surface area contributed by atoms with E-state index < -0.39 is 0 Å². The molecular formula is C13H26IN3O. The minimum Gasteiger partial charge on any atom is -0.381 e. The summed E-state index contributed by atoms with van der Waals surface area (Å²) < 4.78 is 5.56. The number of ether oxygens (including phenoxy) is 1.